The fourth-order valence-electron chi connectivity index (χ4n) is 5.69. The number of hydrogen-bond acceptors (Lipinski definition) is 4. The molecule has 3 aromatic carbocycles. The summed E-state index contributed by atoms with van der Waals surface area (Å²) in [5, 5.41) is 4.55. The molecule has 0 saturated heterocycles. The number of para-hydroxylation sites is 4. The Morgan fingerprint density at radius 2 is 1.50 bits per heavy atom. The van der Waals surface area contributed by atoms with E-state index in [2.05, 4.69) is 113 Å². The van der Waals surface area contributed by atoms with Crippen molar-refractivity contribution in [3.63, 3.8) is 0 Å². The highest BCUT2D eigenvalue weighted by Gasteiger charge is 2.29. The van der Waals surface area contributed by atoms with E-state index in [-0.39, 0.29) is 0 Å². The maximum atomic E-state index is 6.44. The minimum absolute atomic E-state index is 0.626. The van der Waals surface area contributed by atoms with Crippen LogP contribution in [-0.4, -0.2) is 33.5 Å². The van der Waals surface area contributed by atoms with E-state index in [0.717, 1.165) is 62.1 Å². The van der Waals surface area contributed by atoms with Crippen molar-refractivity contribution in [2.75, 3.05) is 4.90 Å². The molecule has 7 heteroatoms. The topological polar surface area (TPSA) is 48.1 Å². The second-order valence-electron chi connectivity index (χ2n) is 9.87. The van der Waals surface area contributed by atoms with Crippen molar-refractivity contribution >= 4 is 58.8 Å². The number of pyridine rings is 2. The molecule has 1 aliphatic rings. The van der Waals surface area contributed by atoms with Gasteiger partial charge in [0, 0.05) is 26.1 Å². The maximum absolute atomic E-state index is 6.44. The molecule has 0 aliphatic carbocycles. The van der Waals surface area contributed by atoms with Crippen molar-refractivity contribution in [1.29, 1.82) is 0 Å². The molecule has 40 heavy (non-hydrogen) atoms. The first-order chi connectivity index (χ1) is 19.7. The van der Waals surface area contributed by atoms with Crippen LogP contribution in [-0.2, 0) is 0 Å². The lowest BCUT2D eigenvalue weighted by molar-refractivity contribution is 0.476. The molecule has 6 nitrogen and oxygen atoms in total. The Labute approximate surface area is 233 Å². The van der Waals surface area contributed by atoms with Crippen molar-refractivity contribution in [3.05, 3.63) is 109 Å². The summed E-state index contributed by atoms with van der Waals surface area (Å²) in [5.74, 6) is 4.07. The smallest absolute Gasteiger partial charge is 0.182 e. The number of ether oxygens (including phenoxy) is 1. The summed E-state index contributed by atoms with van der Waals surface area (Å²) in [5.41, 5.74) is 4.04. The lowest BCUT2D eigenvalue weighted by Gasteiger charge is -2.32. The first-order valence-corrected chi connectivity index (χ1v) is 14.8. The molecule has 1 radical (unpaired) electrons. The van der Waals surface area contributed by atoms with Crippen molar-refractivity contribution < 1.29 is 4.74 Å². The molecule has 0 bridgehead atoms. The SMILES string of the molecule is C[Si]=C(C)N1c2ccccc2Oc2cc3c4ccccc4n(-c4cccc(-n5ccc6ccccc65)n4)c3nc21. The van der Waals surface area contributed by atoms with E-state index in [1.165, 1.54) is 10.7 Å². The van der Waals surface area contributed by atoms with Crippen LogP contribution in [0.4, 0.5) is 11.5 Å². The van der Waals surface area contributed by atoms with Crippen LogP contribution in [0.25, 0.3) is 44.5 Å². The molecule has 0 unspecified atom stereocenters. The standard InChI is InChI=1S/C33H24N5OSi/c1-21(40-2)37-27-14-7-8-15-28(27)39-29-20-24-23-11-4-6-13-26(23)38(32(24)35-33(29)37)31-17-9-16-30(34-31)36-19-18-22-10-3-5-12-25(22)36/h3-20H,1-2H3. The molecule has 0 amide bonds. The Morgan fingerprint density at radius 3 is 2.40 bits per heavy atom. The number of rotatable bonds is 3. The minimum atomic E-state index is 0.626. The van der Waals surface area contributed by atoms with E-state index >= 15 is 0 Å². The number of hydrogen-bond donors (Lipinski definition) is 0. The van der Waals surface area contributed by atoms with Crippen LogP contribution in [0.15, 0.2) is 109 Å². The van der Waals surface area contributed by atoms with Crippen LogP contribution in [0.3, 0.4) is 0 Å². The van der Waals surface area contributed by atoms with Gasteiger partial charge in [0.05, 0.1) is 16.7 Å². The molecule has 8 rings (SSSR count). The molecule has 1 aliphatic heterocycles. The van der Waals surface area contributed by atoms with Gasteiger partial charge in [0.1, 0.15) is 17.3 Å². The average Bonchev–Trinajstić information content (AvgIpc) is 3.58. The van der Waals surface area contributed by atoms with Gasteiger partial charge in [-0.15, -0.1) is 0 Å². The number of nitrogens with zero attached hydrogens (tertiary/aromatic N) is 5. The van der Waals surface area contributed by atoms with Gasteiger partial charge in [0.2, 0.25) is 0 Å². The zero-order valence-electron chi connectivity index (χ0n) is 22.0. The van der Waals surface area contributed by atoms with E-state index in [9.17, 15) is 0 Å². The summed E-state index contributed by atoms with van der Waals surface area (Å²) < 4.78 is 10.7. The highest BCUT2D eigenvalue weighted by atomic mass is 28.2. The summed E-state index contributed by atoms with van der Waals surface area (Å²) in [6, 6.07) is 35.4. The van der Waals surface area contributed by atoms with E-state index in [4.69, 9.17) is 14.7 Å². The summed E-state index contributed by atoms with van der Waals surface area (Å²) >= 11 is 0. The molecule has 0 fully saturated rings. The Balaban J connectivity index is 1.39. The van der Waals surface area contributed by atoms with Crippen molar-refractivity contribution in [1.82, 2.24) is 19.1 Å². The third-order valence-corrected chi connectivity index (χ3v) is 8.57. The van der Waals surface area contributed by atoms with Gasteiger partial charge < -0.3 is 9.30 Å². The third-order valence-electron chi connectivity index (χ3n) is 7.63. The molecule has 5 heterocycles. The van der Waals surface area contributed by atoms with Crippen molar-refractivity contribution in [3.8, 4) is 23.1 Å². The highest BCUT2D eigenvalue weighted by molar-refractivity contribution is 6.55. The highest BCUT2D eigenvalue weighted by Crippen LogP contribution is 2.47. The number of anilines is 2. The van der Waals surface area contributed by atoms with Crippen molar-refractivity contribution in [2.45, 2.75) is 13.5 Å². The van der Waals surface area contributed by atoms with E-state index < -0.39 is 0 Å². The number of benzene rings is 3. The largest absolute Gasteiger partial charge is 0.451 e. The van der Waals surface area contributed by atoms with E-state index in [0.29, 0.717) is 9.13 Å². The minimum Gasteiger partial charge on any atom is -0.451 e. The predicted octanol–water partition coefficient (Wildman–Crippen LogP) is 7.66. The van der Waals surface area contributed by atoms with Crippen LogP contribution < -0.4 is 9.64 Å². The summed E-state index contributed by atoms with van der Waals surface area (Å²) in [6.45, 7) is 4.36. The van der Waals surface area contributed by atoms with Crippen LogP contribution in [0.2, 0.25) is 6.55 Å². The Hall–Kier alpha value is -5.01. The second kappa shape index (κ2) is 8.76. The Kier molecular flexibility index (Phi) is 5.02. The molecule has 7 aromatic rings. The van der Waals surface area contributed by atoms with Crippen LogP contribution >= 0.6 is 0 Å². The average molecular weight is 535 g/mol. The van der Waals surface area contributed by atoms with Gasteiger partial charge in [0.25, 0.3) is 0 Å². The van der Waals surface area contributed by atoms with Crippen LogP contribution in [0.1, 0.15) is 6.92 Å². The lowest BCUT2D eigenvalue weighted by atomic mass is 10.1. The van der Waals surface area contributed by atoms with Gasteiger partial charge in [-0.05, 0) is 66.1 Å². The molecular weight excluding hydrogens is 510 g/mol. The molecule has 0 spiro atoms. The first kappa shape index (κ1) is 22.9. The van der Waals surface area contributed by atoms with Gasteiger partial charge in [0.15, 0.2) is 17.3 Å². The molecular formula is C33H24N5OSi. The zero-order chi connectivity index (χ0) is 26.8. The van der Waals surface area contributed by atoms with Crippen LogP contribution in [0.5, 0.6) is 11.5 Å². The molecule has 0 N–H and O–H groups in total. The Morgan fingerprint density at radius 1 is 0.725 bits per heavy atom. The third kappa shape index (κ3) is 3.31. The van der Waals surface area contributed by atoms with Crippen molar-refractivity contribution in [2.24, 2.45) is 0 Å². The van der Waals surface area contributed by atoms with Crippen LogP contribution in [0, 0.1) is 0 Å². The fraction of sp³-hybridized carbons (Fsp3) is 0.0606. The second-order valence-corrected chi connectivity index (χ2v) is 11.1. The summed E-state index contributed by atoms with van der Waals surface area (Å²) in [7, 11) is 0.626. The number of fused-ring (bicyclic) bond motifs is 6. The van der Waals surface area contributed by atoms with Gasteiger partial charge in [-0.25, -0.2) is 9.97 Å². The summed E-state index contributed by atoms with van der Waals surface area (Å²) in [4.78, 5) is 12.7. The molecule has 191 valence electrons. The van der Waals surface area contributed by atoms with E-state index in [1.807, 2.05) is 24.3 Å². The molecule has 0 atom stereocenters. The zero-order valence-corrected chi connectivity index (χ0v) is 23.0. The Bertz CT molecular complexity index is 2140. The molecule has 0 saturated carbocycles. The van der Waals surface area contributed by atoms with E-state index in [1.54, 1.807) is 0 Å². The van der Waals surface area contributed by atoms with Gasteiger partial charge in [-0.1, -0.05) is 61.1 Å². The van der Waals surface area contributed by atoms with Gasteiger partial charge in [-0.3, -0.25) is 9.47 Å². The maximum Gasteiger partial charge on any atom is 0.182 e. The summed E-state index contributed by atoms with van der Waals surface area (Å²) in [6.07, 6.45) is 2.08. The number of aromatic nitrogens is 4. The first-order valence-electron chi connectivity index (χ1n) is 13.3. The van der Waals surface area contributed by atoms with Gasteiger partial charge in [-0.2, -0.15) is 0 Å². The molecule has 4 aromatic heterocycles. The monoisotopic (exact) mass is 534 g/mol. The van der Waals surface area contributed by atoms with Gasteiger partial charge >= 0.3 is 0 Å². The fourth-order valence-corrected chi connectivity index (χ4v) is 6.14. The quantitative estimate of drug-likeness (QED) is 0.218. The normalized spacial score (nSPS) is 13.1. The predicted molar refractivity (Wildman–Crippen MR) is 164 cm³/mol. The lowest BCUT2D eigenvalue weighted by Crippen LogP contribution is -2.29.